The summed E-state index contributed by atoms with van der Waals surface area (Å²) >= 11 is 0. The molecule has 12 heteroatoms. The van der Waals surface area contributed by atoms with Gasteiger partial charge in [0.2, 0.25) is 0 Å². The molecule has 4 aromatic rings. The van der Waals surface area contributed by atoms with Crippen molar-refractivity contribution in [2.75, 3.05) is 0 Å². The second-order valence-electron chi connectivity index (χ2n) is 8.10. The van der Waals surface area contributed by atoms with Crippen LogP contribution in [-0.4, -0.2) is 24.0 Å². The number of allylic oxidation sites excluding steroid dienone is 2. The van der Waals surface area contributed by atoms with Crippen LogP contribution in [0.5, 0.6) is 0 Å². The maximum Gasteiger partial charge on any atom is 2.00 e. The number of benzene rings is 4. The van der Waals surface area contributed by atoms with Gasteiger partial charge in [-0.05, 0) is 41.2 Å². The van der Waals surface area contributed by atoms with E-state index in [0.29, 0.717) is 0 Å². The van der Waals surface area contributed by atoms with Gasteiger partial charge in [-0.15, -0.1) is 5.10 Å². The van der Waals surface area contributed by atoms with Crippen LogP contribution < -0.4 is 26.1 Å². The summed E-state index contributed by atoms with van der Waals surface area (Å²) in [5, 5.41) is 31.2. The molecule has 0 unspecified atom stereocenters. The van der Waals surface area contributed by atoms with E-state index in [2.05, 4.69) is 101 Å². The van der Waals surface area contributed by atoms with Crippen molar-refractivity contribution < 1.29 is 53.0 Å². The fourth-order valence-corrected chi connectivity index (χ4v) is 5.59. The second-order valence-corrected chi connectivity index (χ2v) is 10.3. The molecular weight excluding hydrogens is 624 g/mol. The Morgan fingerprint density at radius 3 is 1.24 bits per heavy atom. The molecule has 0 aliphatic heterocycles. The Hall–Kier alpha value is -3.94. The van der Waals surface area contributed by atoms with Gasteiger partial charge in [-0.3, -0.25) is 0 Å². The predicted octanol–water partition coefficient (Wildman–Crippen LogP) is 4.96. The van der Waals surface area contributed by atoms with Crippen LogP contribution in [0.3, 0.4) is 0 Å². The quantitative estimate of drug-likeness (QED) is 0.0567. The molecule has 4 nitrogen and oxygen atoms in total. The van der Waals surface area contributed by atoms with Gasteiger partial charge < -0.3 is 10.2 Å². The molecular formula is C30H21F6N2NiO2P. The third kappa shape index (κ3) is 10.5. The minimum absolute atomic E-state index is 0. The average Bonchev–Trinajstić information content (AvgIpc) is 2.96. The molecule has 0 atom stereocenters. The van der Waals surface area contributed by atoms with Gasteiger partial charge in [0.25, 0.3) is 0 Å². The van der Waals surface area contributed by atoms with Crippen molar-refractivity contribution in [1.29, 1.82) is 0 Å². The van der Waals surface area contributed by atoms with Crippen molar-refractivity contribution in [2.45, 2.75) is 12.4 Å². The van der Waals surface area contributed by atoms with Crippen LogP contribution in [-0.2, 0) is 16.5 Å². The van der Waals surface area contributed by atoms with E-state index in [1.807, 2.05) is 0 Å². The zero-order valence-corrected chi connectivity index (χ0v) is 23.2. The van der Waals surface area contributed by atoms with E-state index in [1.54, 1.807) is 0 Å². The minimum atomic E-state index is -5.49. The summed E-state index contributed by atoms with van der Waals surface area (Å²) in [6.07, 6.45) is -11.6. The van der Waals surface area contributed by atoms with E-state index in [-0.39, 0.29) is 22.1 Å². The first-order valence-electron chi connectivity index (χ1n) is 11.8. The zero-order valence-electron chi connectivity index (χ0n) is 21.4. The first-order valence-corrected chi connectivity index (χ1v) is 13.2. The Balaban J connectivity index is 0.000000289. The normalized spacial score (nSPS) is 12.7. The van der Waals surface area contributed by atoms with Crippen molar-refractivity contribution >= 4 is 35.4 Å². The largest absolute Gasteiger partial charge is 2.00 e. The molecule has 0 saturated carbocycles. The summed E-state index contributed by atoms with van der Waals surface area (Å²) in [5.41, 5.74) is -2.34. The monoisotopic (exact) mass is 644 g/mol. The molecule has 0 radical (unpaired) electrons. The molecule has 0 amide bonds. The van der Waals surface area contributed by atoms with Crippen LogP contribution >= 0.6 is 7.92 Å². The Kier molecular flexibility index (Phi) is 13.0. The van der Waals surface area contributed by atoms with Crippen LogP contribution in [0, 0.1) is 0 Å². The zero-order chi connectivity index (χ0) is 29.9. The Labute approximate surface area is 249 Å². The maximum absolute atomic E-state index is 12.5. The first kappa shape index (κ1) is 34.3. The van der Waals surface area contributed by atoms with Crippen LogP contribution in [0.1, 0.15) is 5.56 Å². The molecule has 42 heavy (non-hydrogen) atoms. The van der Waals surface area contributed by atoms with Gasteiger partial charge in [0.05, 0.1) is 0 Å². The summed E-state index contributed by atoms with van der Waals surface area (Å²) in [6.45, 7) is 0. The van der Waals surface area contributed by atoms with E-state index in [1.165, 1.54) is 46.2 Å². The smallest absolute Gasteiger partial charge is 0.869 e. The number of nitrogens with zero attached hydrogens (tertiary/aromatic N) is 2. The molecule has 0 spiro atoms. The van der Waals surface area contributed by atoms with Crippen molar-refractivity contribution in [1.82, 2.24) is 0 Å². The van der Waals surface area contributed by atoms with E-state index >= 15 is 0 Å². The summed E-state index contributed by atoms with van der Waals surface area (Å²) in [7, 11) is -0.446. The van der Waals surface area contributed by atoms with Gasteiger partial charge in [0.15, 0.2) is 5.71 Å². The minimum Gasteiger partial charge on any atom is -0.869 e. The molecule has 0 aliphatic rings. The third-order valence-corrected chi connectivity index (χ3v) is 7.59. The Morgan fingerprint density at radius 1 is 0.548 bits per heavy atom. The van der Waals surface area contributed by atoms with E-state index < -0.39 is 43.7 Å². The van der Waals surface area contributed by atoms with Crippen molar-refractivity contribution in [2.24, 2.45) is 10.2 Å². The van der Waals surface area contributed by atoms with Gasteiger partial charge in [-0.2, -0.15) is 31.4 Å². The van der Waals surface area contributed by atoms with Crippen LogP contribution in [0.2, 0.25) is 0 Å². The van der Waals surface area contributed by atoms with Gasteiger partial charge in [0, 0.05) is 5.90 Å². The van der Waals surface area contributed by atoms with Gasteiger partial charge in [-0.1, -0.05) is 121 Å². The first-order chi connectivity index (χ1) is 19.5. The molecule has 0 aliphatic carbocycles. The molecule has 0 fully saturated rings. The number of hydrogen-bond donors (Lipinski definition) is 0. The van der Waals surface area contributed by atoms with E-state index in [4.69, 9.17) is 0 Å². The molecule has 4 aromatic carbocycles. The Morgan fingerprint density at radius 2 is 0.905 bits per heavy atom. The fourth-order valence-electron chi connectivity index (χ4n) is 3.29. The van der Waals surface area contributed by atoms with E-state index in [9.17, 15) is 36.6 Å². The van der Waals surface area contributed by atoms with Gasteiger partial charge >= 0.3 is 28.8 Å². The average molecular weight is 645 g/mol. The molecule has 0 bridgehead atoms. The Bertz CT molecular complexity index is 1370. The van der Waals surface area contributed by atoms with Crippen LogP contribution in [0.4, 0.5) is 26.3 Å². The summed E-state index contributed by atoms with van der Waals surface area (Å²) in [5.74, 6) is -3.96. The number of halogens is 6. The summed E-state index contributed by atoms with van der Waals surface area (Å²) in [6, 6.07) is 39.1. The van der Waals surface area contributed by atoms with Crippen molar-refractivity contribution in [3.05, 3.63) is 139 Å². The maximum atomic E-state index is 12.5. The summed E-state index contributed by atoms with van der Waals surface area (Å²) < 4.78 is 73.3. The second kappa shape index (κ2) is 15.9. The molecule has 0 saturated heterocycles. The molecule has 220 valence electrons. The number of alkyl halides is 6. The molecule has 0 heterocycles. The SMILES string of the molecule is [Ni+2].[O-]\C(=C/C(=N/N=C(\[O-])c1ccccc1)C(F)(F)F)C(F)(F)F.c1ccc(P(c2ccccc2)c2ccccc2)cc1. The summed E-state index contributed by atoms with van der Waals surface area (Å²) in [4.78, 5) is 0. The van der Waals surface area contributed by atoms with Gasteiger partial charge in [0.1, 0.15) is 0 Å². The standard InChI is InChI=1S/C18H15P.C12H8F6N2O2.Ni/c1-4-10-16(11-5-1)19(17-12-6-2-7-13-17)18-14-8-3-9-15-18;13-11(14,15)8(6-9(21)12(16,17)18)19-20-10(22)7-4-2-1-3-5-7;/h1-15H;1-6,21H,(H,20,22);/q;;+2/p-2/b;9-6-,19-8-;. The third-order valence-electron chi connectivity index (χ3n) is 5.15. The van der Waals surface area contributed by atoms with Crippen molar-refractivity contribution in [3.63, 3.8) is 0 Å². The number of hydrogen-bond acceptors (Lipinski definition) is 4. The predicted molar refractivity (Wildman–Crippen MR) is 146 cm³/mol. The fraction of sp³-hybridized carbons (Fsp3) is 0.0667. The van der Waals surface area contributed by atoms with Crippen LogP contribution in [0.15, 0.2) is 143 Å². The topological polar surface area (TPSA) is 70.8 Å². The van der Waals surface area contributed by atoms with Gasteiger partial charge in [-0.25, -0.2) is 0 Å². The molecule has 4 rings (SSSR count). The number of rotatable bonds is 6. The van der Waals surface area contributed by atoms with E-state index in [0.717, 1.165) is 0 Å². The molecule has 0 N–H and O–H groups in total. The van der Waals surface area contributed by atoms with Crippen LogP contribution in [0.25, 0.3) is 0 Å². The van der Waals surface area contributed by atoms with Crippen molar-refractivity contribution in [3.8, 4) is 0 Å². The molecule has 0 aromatic heterocycles.